The number of hydrogen-bond acceptors (Lipinski definition) is 4. The van der Waals surface area contributed by atoms with Crippen LogP contribution in [0, 0.1) is 0 Å². The Morgan fingerprint density at radius 3 is 3.05 bits per heavy atom. The lowest BCUT2D eigenvalue weighted by Gasteiger charge is -2.27. The summed E-state index contributed by atoms with van der Waals surface area (Å²) in [5, 5.41) is 0.177. The van der Waals surface area contributed by atoms with E-state index < -0.39 is 0 Å². The second kappa shape index (κ2) is 6.33. The molecule has 2 aliphatic rings. The van der Waals surface area contributed by atoms with Crippen LogP contribution in [-0.2, 0) is 16.0 Å². The zero-order valence-corrected chi connectivity index (χ0v) is 12.5. The number of carbonyl (C=O) groups is 1. The van der Waals surface area contributed by atoms with Gasteiger partial charge in [-0.3, -0.25) is 4.79 Å². The van der Waals surface area contributed by atoms with Gasteiger partial charge in [-0.05, 0) is 17.5 Å². The Labute approximate surface area is 122 Å². The summed E-state index contributed by atoms with van der Waals surface area (Å²) in [6.45, 7) is 0.738. The molecule has 0 spiro atoms. The molecule has 102 valence electrons. The van der Waals surface area contributed by atoms with Gasteiger partial charge in [0.25, 0.3) is 0 Å². The number of fused-ring (bicyclic) bond motifs is 1. The maximum atomic E-state index is 12.4. The number of ether oxygens (including phenoxy) is 1. The molecule has 1 aromatic carbocycles. The summed E-state index contributed by atoms with van der Waals surface area (Å²) < 4.78 is 5.83. The van der Waals surface area contributed by atoms with Gasteiger partial charge in [-0.25, -0.2) is 0 Å². The van der Waals surface area contributed by atoms with Gasteiger partial charge in [-0.15, -0.1) is 11.8 Å². The molecule has 2 aliphatic heterocycles. The lowest BCUT2D eigenvalue weighted by molar-refractivity contribution is -0.121. The van der Waals surface area contributed by atoms with Crippen LogP contribution in [0.3, 0.4) is 0 Å². The third-order valence-electron chi connectivity index (χ3n) is 3.65. The van der Waals surface area contributed by atoms with E-state index in [9.17, 15) is 4.79 Å². The second-order valence-electron chi connectivity index (χ2n) is 4.91. The van der Waals surface area contributed by atoms with E-state index in [2.05, 4.69) is 18.2 Å². The third-order valence-corrected chi connectivity index (χ3v) is 6.46. The van der Waals surface area contributed by atoms with E-state index >= 15 is 0 Å². The van der Waals surface area contributed by atoms with Gasteiger partial charge in [0.15, 0.2) is 0 Å². The first-order valence-electron chi connectivity index (χ1n) is 6.76. The molecule has 1 fully saturated rings. The average molecular weight is 294 g/mol. The monoisotopic (exact) mass is 294 g/mol. The Hall–Kier alpha value is -0.450. The van der Waals surface area contributed by atoms with Gasteiger partial charge in [-0.2, -0.15) is 11.8 Å². The maximum absolute atomic E-state index is 12.4. The molecule has 2 heterocycles. The first kappa shape index (κ1) is 13.5. The molecule has 3 rings (SSSR count). The summed E-state index contributed by atoms with van der Waals surface area (Å²) in [6, 6.07) is 8.36. The zero-order valence-electron chi connectivity index (χ0n) is 10.8. The Morgan fingerprint density at radius 2 is 2.21 bits per heavy atom. The standard InChI is InChI=1S/C15H18O2S2/c16-13(15-10-18-7-8-19-15)9-14-12-4-2-1-3-11(12)5-6-17-14/h1-4,14-15H,5-10H2. The molecule has 0 amide bonds. The van der Waals surface area contributed by atoms with Crippen LogP contribution >= 0.6 is 23.5 Å². The van der Waals surface area contributed by atoms with Gasteiger partial charge in [-0.1, -0.05) is 24.3 Å². The number of benzene rings is 1. The minimum absolute atomic E-state index is 0.0232. The summed E-state index contributed by atoms with van der Waals surface area (Å²) in [5.41, 5.74) is 2.56. The highest BCUT2D eigenvalue weighted by Crippen LogP contribution is 2.32. The number of thioether (sulfide) groups is 2. The van der Waals surface area contributed by atoms with Crippen molar-refractivity contribution in [3.8, 4) is 0 Å². The third kappa shape index (κ3) is 3.18. The van der Waals surface area contributed by atoms with E-state index in [0.29, 0.717) is 12.2 Å². The SMILES string of the molecule is O=C(CC1OCCc2ccccc21)C1CSCCS1. The van der Waals surface area contributed by atoms with E-state index in [0.717, 1.165) is 24.5 Å². The van der Waals surface area contributed by atoms with Gasteiger partial charge in [0.1, 0.15) is 5.78 Å². The highest BCUT2D eigenvalue weighted by Gasteiger charge is 2.28. The van der Waals surface area contributed by atoms with Crippen LogP contribution in [0.25, 0.3) is 0 Å². The molecular formula is C15H18O2S2. The summed E-state index contributed by atoms with van der Waals surface area (Å²) in [5.74, 6) is 3.61. The molecule has 0 bridgehead atoms. The van der Waals surface area contributed by atoms with Crippen molar-refractivity contribution in [2.75, 3.05) is 23.9 Å². The van der Waals surface area contributed by atoms with Crippen molar-refractivity contribution in [2.45, 2.75) is 24.2 Å². The highest BCUT2D eigenvalue weighted by atomic mass is 32.2. The van der Waals surface area contributed by atoms with Crippen molar-refractivity contribution >= 4 is 29.3 Å². The van der Waals surface area contributed by atoms with Gasteiger partial charge >= 0.3 is 0 Å². The quantitative estimate of drug-likeness (QED) is 0.855. The predicted octanol–water partition coefficient (Wildman–Crippen LogP) is 3.11. The van der Waals surface area contributed by atoms with Crippen LogP contribution in [0.4, 0.5) is 0 Å². The fraction of sp³-hybridized carbons (Fsp3) is 0.533. The largest absolute Gasteiger partial charge is 0.373 e. The molecule has 0 saturated carbocycles. The Balaban J connectivity index is 1.68. The molecule has 0 aromatic heterocycles. The van der Waals surface area contributed by atoms with E-state index in [1.807, 2.05) is 29.6 Å². The fourth-order valence-electron chi connectivity index (χ4n) is 2.63. The van der Waals surface area contributed by atoms with Crippen molar-refractivity contribution in [3.63, 3.8) is 0 Å². The lowest BCUT2D eigenvalue weighted by Crippen LogP contribution is -2.28. The molecule has 0 aliphatic carbocycles. The fourth-order valence-corrected chi connectivity index (χ4v) is 5.30. The normalized spacial score (nSPS) is 26.7. The highest BCUT2D eigenvalue weighted by molar-refractivity contribution is 8.07. The van der Waals surface area contributed by atoms with Gasteiger partial charge < -0.3 is 4.74 Å². The minimum Gasteiger partial charge on any atom is -0.373 e. The summed E-state index contributed by atoms with van der Waals surface area (Å²) in [4.78, 5) is 12.4. The van der Waals surface area contributed by atoms with Crippen LogP contribution < -0.4 is 0 Å². The van der Waals surface area contributed by atoms with Crippen LogP contribution in [-0.4, -0.2) is 34.9 Å². The zero-order chi connectivity index (χ0) is 13.1. The smallest absolute Gasteiger partial charge is 0.149 e. The molecule has 0 radical (unpaired) electrons. The number of hydrogen-bond donors (Lipinski definition) is 0. The van der Waals surface area contributed by atoms with Crippen LogP contribution in [0.5, 0.6) is 0 Å². The average Bonchev–Trinajstić information content (AvgIpc) is 2.48. The summed E-state index contributed by atoms with van der Waals surface area (Å²) in [7, 11) is 0. The molecule has 19 heavy (non-hydrogen) atoms. The molecule has 4 heteroatoms. The van der Waals surface area contributed by atoms with E-state index in [1.165, 1.54) is 16.9 Å². The molecule has 0 N–H and O–H groups in total. The van der Waals surface area contributed by atoms with Gasteiger partial charge in [0.2, 0.25) is 0 Å². The molecule has 2 unspecified atom stereocenters. The van der Waals surface area contributed by atoms with Crippen molar-refractivity contribution in [3.05, 3.63) is 35.4 Å². The Kier molecular flexibility index (Phi) is 4.51. The molecule has 1 aromatic rings. The van der Waals surface area contributed by atoms with Crippen molar-refractivity contribution < 1.29 is 9.53 Å². The van der Waals surface area contributed by atoms with E-state index in [1.54, 1.807) is 0 Å². The lowest BCUT2D eigenvalue weighted by atomic mass is 9.94. The number of carbonyl (C=O) groups excluding carboxylic acids is 1. The Morgan fingerprint density at radius 1 is 1.32 bits per heavy atom. The maximum Gasteiger partial charge on any atom is 0.149 e. The molecule has 2 nitrogen and oxygen atoms in total. The predicted molar refractivity (Wildman–Crippen MR) is 82.0 cm³/mol. The molecule has 2 atom stereocenters. The second-order valence-corrected chi connectivity index (χ2v) is 7.37. The van der Waals surface area contributed by atoms with Crippen molar-refractivity contribution in [1.29, 1.82) is 0 Å². The first-order valence-corrected chi connectivity index (χ1v) is 8.96. The topological polar surface area (TPSA) is 26.3 Å². The van der Waals surface area contributed by atoms with E-state index in [-0.39, 0.29) is 11.4 Å². The number of rotatable bonds is 3. The molecule has 1 saturated heterocycles. The molecular weight excluding hydrogens is 276 g/mol. The van der Waals surface area contributed by atoms with Crippen LogP contribution in [0.1, 0.15) is 23.7 Å². The van der Waals surface area contributed by atoms with Gasteiger partial charge in [0.05, 0.1) is 18.0 Å². The summed E-state index contributed by atoms with van der Waals surface area (Å²) >= 11 is 3.71. The van der Waals surface area contributed by atoms with Crippen molar-refractivity contribution in [1.82, 2.24) is 0 Å². The summed E-state index contributed by atoms with van der Waals surface area (Å²) in [6.07, 6.45) is 1.48. The number of ketones is 1. The van der Waals surface area contributed by atoms with Crippen molar-refractivity contribution in [2.24, 2.45) is 0 Å². The Bertz CT molecular complexity index is 455. The van der Waals surface area contributed by atoms with Gasteiger partial charge in [0, 0.05) is 23.7 Å². The van der Waals surface area contributed by atoms with Crippen LogP contribution in [0.2, 0.25) is 0 Å². The number of Topliss-reactive ketones (excluding diaryl/α,β-unsaturated/α-hetero) is 1. The van der Waals surface area contributed by atoms with Crippen LogP contribution in [0.15, 0.2) is 24.3 Å². The van der Waals surface area contributed by atoms with E-state index in [4.69, 9.17) is 4.74 Å². The first-order chi connectivity index (χ1) is 9.34. The minimum atomic E-state index is -0.0232.